The Hall–Kier alpha value is -3.08. The summed E-state index contributed by atoms with van der Waals surface area (Å²) >= 11 is 0. The topological polar surface area (TPSA) is 58.4 Å². The SMILES string of the molecule is CN(C)c1ccc(NC(=O)Cc2cc(-c3ccccc3)on2)cc1. The minimum atomic E-state index is -0.125. The number of nitrogens with one attached hydrogen (secondary N) is 1. The lowest BCUT2D eigenvalue weighted by Crippen LogP contribution is -2.15. The Morgan fingerprint density at radius 2 is 1.79 bits per heavy atom. The lowest BCUT2D eigenvalue weighted by Gasteiger charge is -2.12. The Balaban J connectivity index is 1.62. The third kappa shape index (κ3) is 3.81. The molecule has 0 bridgehead atoms. The van der Waals surface area contributed by atoms with E-state index >= 15 is 0 Å². The molecule has 0 atom stereocenters. The average molecular weight is 321 g/mol. The summed E-state index contributed by atoms with van der Waals surface area (Å²) in [6, 6.07) is 19.2. The molecule has 1 aromatic heterocycles. The third-order valence-corrected chi connectivity index (χ3v) is 3.63. The lowest BCUT2D eigenvalue weighted by atomic mass is 10.1. The van der Waals surface area contributed by atoms with Crippen LogP contribution in [0.5, 0.6) is 0 Å². The zero-order valence-corrected chi connectivity index (χ0v) is 13.7. The molecule has 2 aromatic carbocycles. The molecular weight excluding hydrogens is 302 g/mol. The first-order valence-electron chi connectivity index (χ1n) is 7.70. The van der Waals surface area contributed by atoms with Gasteiger partial charge in [0, 0.05) is 37.1 Å². The van der Waals surface area contributed by atoms with Crippen molar-refractivity contribution in [3.05, 3.63) is 66.4 Å². The van der Waals surface area contributed by atoms with Crippen molar-refractivity contribution in [2.75, 3.05) is 24.3 Å². The highest BCUT2D eigenvalue weighted by molar-refractivity contribution is 5.92. The van der Waals surface area contributed by atoms with E-state index in [1.807, 2.05) is 73.6 Å². The number of carbonyl (C=O) groups is 1. The van der Waals surface area contributed by atoms with Crippen LogP contribution in [0.15, 0.2) is 65.2 Å². The zero-order chi connectivity index (χ0) is 16.9. The van der Waals surface area contributed by atoms with E-state index in [2.05, 4.69) is 10.5 Å². The fourth-order valence-electron chi connectivity index (χ4n) is 2.35. The predicted molar refractivity (Wildman–Crippen MR) is 95.0 cm³/mol. The summed E-state index contributed by atoms with van der Waals surface area (Å²) in [5, 5.41) is 6.84. The van der Waals surface area contributed by atoms with E-state index in [0.717, 1.165) is 16.9 Å². The molecule has 1 N–H and O–H groups in total. The Morgan fingerprint density at radius 1 is 1.08 bits per heavy atom. The molecule has 0 aliphatic carbocycles. The molecule has 5 heteroatoms. The van der Waals surface area contributed by atoms with Crippen molar-refractivity contribution in [1.82, 2.24) is 5.16 Å². The van der Waals surface area contributed by atoms with Crippen molar-refractivity contribution in [3.63, 3.8) is 0 Å². The van der Waals surface area contributed by atoms with Crippen molar-refractivity contribution in [2.45, 2.75) is 6.42 Å². The number of hydrogen-bond acceptors (Lipinski definition) is 4. The highest BCUT2D eigenvalue weighted by atomic mass is 16.5. The molecule has 1 heterocycles. The van der Waals surface area contributed by atoms with Crippen LogP contribution < -0.4 is 10.2 Å². The first-order chi connectivity index (χ1) is 11.6. The van der Waals surface area contributed by atoms with Gasteiger partial charge >= 0.3 is 0 Å². The van der Waals surface area contributed by atoms with Crippen LogP contribution in [0.1, 0.15) is 5.69 Å². The second kappa shape index (κ2) is 7.00. The van der Waals surface area contributed by atoms with Crippen LogP contribution in [0.25, 0.3) is 11.3 Å². The number of benzene rings is 2. The molecule has 0 aliphatic heterocycles. The molecule has 0 saturated carbocycles. The Kier molecular flexibility index (Phi) is 4.61. The maximum Gasteiger partial charge on any atom is 0.230 e. The summed E-state index contributed by atoms with van der Waals surface area (Å²) in [5.74, 6) is 0.536. The number of rotatable bonds is 5. The van der Waals surface area contributed by atoms with E-state index in [0.29, 0.717) is 11.5 Å². The molecule has 24 heavy (non-hydrogen) atoms. The number of amides is 1. The molecule has 5 nitrogen and oxygen atoms in total. The Bertz CT molecular complexity index is 808. The second-order valence-corrected chi connectivity index (χ2v) is 5.71. The van der Waals surface area contributed by atoms with Gasteiger partial charge in [0.1, 0.15) is 0 Å². The molecule has 0 fully saturated rings. The fourth-order valence-corrected chi connectivity index (χ4v) is 2.35. The lowest BCUT2D eigenvalue weighted by molar-refractivity contribution is -0.115. The van der Waals surface area contributed by atoms with Crippen LogP contribution in [0.3, 0.4) is 0 Å². The van der Waals surface area contributed by atoms with E-state index in [1.165, 1.54) is 0 Å². The molecule has 0 saturated heterocycles. The number of hydrogen-bond donors (Lipinski definition) is 1. The maximum atomic E-state index is 12.1. The maximum absolute atomic E-state index is 12.1. The van der Waals surface area contributed by atoms with Gasteiger partial charge in [-0.3, -0.25) is 4.79 Å². The van der Waals surface area contributed by atoms with Crippen LogP contribution in [-0.4, -0.2) is 25.2 Å². The molecule has 1 amide bonds. The van der Waals surface area contributed by atoms with Gasteiger partial charge in [0.15, 0.2) is 5.76 Å². The van der Waals surface area contributed by atoms with Crippen LogP contribution in [-0.2, 0) is 11.2 Å². The van der Waals surface area contributed by atoms with Gasteiger partial charge < -0.3 is 14.7 Å². The molecule has 0 unspecified atom stereocenters. The number of nitrogens with zero attached hydrogens (tertiary/aromatic N) is 2. The summed E-state index contributed by atoms with van der Waals surface area (Å²) in [7, 11) is 3.95. The number of anilines is 2. The number of carbonyl (C=O) groups excluding carboxylic acids is 1. The first kappa shape index (κ1) is 15.8. The minimum absolute atomic E-state index is 0.125. The second-order valence-electron chi connectivity index (χ2n) is 5.71. The molecule has 122 valence electrons. The summed E-state index contributed by atoms with van der Waals surface area (Å²) in [6.45, 7) is 0. The van der Waals surface area contributed by atoms with E-state index in [-0.39, 0.29) is 12.3 Å². The molecule has 3 rings (SSSR count). The van der Waals surface area contributed by atoms with Gasteiger partial charge in [-0.1, -0.05) is 35.5 Å². The molecule has 3 aromatic rings. The van der Waals surface area contributed by atoms with Gasteiger partial charge in [0.25, 0.3) is 0 Å². The first-order valence-corrected chi connectivity index (χ1v) is 7.70. The van der Waals surface area contributed by atoms with Gasteiger partial charge in [-0.2, -0.15) is 0 Å². The van der Waals surface area contributed by atoms with Crippen molar-refractivity contribution in [3.8, 4) is 11.3 Å². The Morgan fingerprint density at radius 3 is 2.46 bits per heavy atom. The van der Waals surface area contributed by atoms with Crippen molar-refractivity contribution in [1.29, 1.82) is 0 Å². The summed E-state index contributed by atoms with van der Waals surface area (Å²) in [6.07, 6.45) is 0.172. The largest absolute Gasteiger partial charge is 0.378 e. The molecular formula is C19H19N3O2. The molecule has 0 spiro atoms. The van der Waals surface area contributed by atoms with Crippen LogP contribution in [0.2, 0.25) is 0 Å². The van der Waals surface area contributed by atoms with E-state index in [4.69, 9.17) is 4.52 Å². The van der Waals surface area contributed by atoms with Gasteiger partial charge in [-0.15, -0.1) is 0 Å². The van der Waals surface area contributed by atoms with Crippen molar-refractivity contribution >= 4 is 17.3 Å². The smallest absolute Gasteiger partial charge is 0.230 e. The van der Waals surface area contributed by atoms with Gasteiger partial charge in [0.2, 0.25) is 5.91 Å². The third-order valence-electron chi connectivity index (χ3n) is 3.63. The molecule has 0 aliphatic rings. The molecule has 0 radical (unpaired) electrons. The van der Waals surface area contributed by atoms with Crippen LogP contribution in [0.4, 0.5) is 11.4 Å². The Labute approximate surface area is 140 Å². The predicted octanol–water partition coefficient (Wildman–Crippen LogP) is 3.59. The van der Waals surface area contributed by atoms with Crippen LogP contribution >= 0.6 is 0 Å². The quantitative estimate of drug-likeness (QED) is 0.780. The van der Waals surface area contributed by atoms with Crippen molar-refractivity contribution < 1.29 is 9.32 Å². The van der Waals surface area contributed by atoms with Crippen molar-refractivity contribution in [2.24, 2.45) is 0 Å². The van der Waals surface area contributed by atoms with Gasteiger partial charge in [-0.25, -0.2) is 0 Å². The summed E-state index contributed by atoms with van der Waals surface area (Å²) in [4.78, 5) is 14.1. The van der Waals surface area contributed by atoms with Crippen LogP contribution in [0, 0.1) is 0 Å². The van der Waals surface area contributed by atoms with E-state index in [9.17, 15) is 4.79 Å². The number of aromatic nitrogens is 1. The summed E-state index contributed by atoms with van der Waals surface area (Å²) in [5.41, 5.74) is 3.39. The highest BCUT2D eigenvalue weighted by Gasteiger charge is 2.11. The fraction of sp³-hybridized carbons (Fsp3) is 0.158. The summed E-state index contributed by atoms with van der Waals surface area (Å²) < 4.78 is 5.31. The minimum Gasteiger partial charge on any atom is -0.378 e. The van der Waals surface area contributed by atoms with E-state index in [1.54, 1.807) is 6.07 Å². The average Bonchev–Trinajstić information content (AvgIpc) is 3.04. The van der Waals surface area contributed by atoms with E-state index < -0.39 is 0 Å². The van der Waals surface area contributed by atoms with Gasteiger partial charge in [0.05, 0.1) is 12.1 Å². The normalized spacial score (nSPS) is 10.4. The van der Waals surface area contributed by atoms with Gasteiger partial charge in [-0.05, 0) is 24.3 Å². The standard InChI is InChI=1S/C19H19N3O2/c1-22(2)17-10-8-15(9-11-17)20-19(23)13-16-12-18(24-21-16)14-6-4-3-5-7-14/h3-12H,13H2,1-2H3,(H,20,23). The zero-order valence-electron chi connectivity index (χ0n) is 13.7. The highest BCUT2D eigenvalue weighted by Crippen LogP contribution is 2.20. The monoisotopic (exact) mass is 321 g/mol.